The van der Waals surface area contributed by atoms with Gasteiger partial charge < -0.3 is 10.5 Å². The van der Waals surface area contributed by atoms with Crippen LogP contribution in [0.4, 0.5) is 4.39 Å². The van der Waals surface area contributed by atoms with E-state index in [0.29, 0.717) is 6.42 Å². The molecule has 0 spiro atoms. The summed E-state index contributed by atoms with van der Waals surface area (Å²) in [6.07, 6.45) is 1.19. The van der Waals surface area contributed by atoms with E-state index in [0.717, 1.165) is 17.7 Å². The normalized spacial score (nSPS) is 18.4. The van der Waals surface area contributed by atoms with Gasteiger partial charge in [-0.3, -0.25) is 0 Å². The second kappa shape index (κ2) is 5.43. The molecule has 1 heterocycles. The summed E-state index contributed by atoms with van der Waals surface area (Å²) in [6.45, 7) is 0. The zero-order valence-corrected chi connectivity index (χ0v) is 11.6. The van der Waals surface area contributed by atoms with E-state index in [2.05, 4.69) is 0 Å². The van der Waals surface area contributed by atoms with E-state index in [-0.39, 0.29) is 17.2 Å². The largest absolute Gasteiger partial charge is 0.488 e. The summed E-state index contributed by atoms with van der Waals surface area (Å²) in [6, 6.07) is 12.5. The summed E-state index contributed by atoms with van der Waals surface area (Å²) in [5.74, 6) is 0.477. The van der Waals surface area contributed by atoms with Crippen LogP contribution in [-0.2, 0) is 12.8 Å². The standard InChI is InChI=1S/C16H15ClFNO/c17-16-11(5-3-6-12(16)18)8-13(19)15-9-10-4-1-2-7-14(10)20-15/h1-7,13,15H,8-9,19H2. The van der Waals surface area contributed by atoms with Crippen LogP contribution in [0, 0.1) is 5.82 Å². The average molecular weight is 292 g/mol. The zero-order valence-electron chi connectivity index (χ0n) is 10.9. The van der Waals surface area contributed by atoms with E-state index >= 15 is 0 Å². The first kappa shape index (κ1) is 13.4. The Morgan fingerprint density at radius 3 is 2.85 bits per heavy atom. The van der Waals surface area contributed by atoms with Gasteiger partial charge in [-0.15, -0.1) is 0 Å². The van der Waals surface area contributed by atoms with Gasteiger partial charge in [0.25, 0.3) is 0 Å². The minimum atomic E-state index is -0.410. The monoisotopic (exact) mass is 291 g/mol. The molecule has 4 heteroatoms. The van der Waals surface area contributed by atoms with E-state index in [4.69, 9.17) is 22.1 Å². The van der Waals surface area contributed by atoms with Crippen molar-refractivity contribution in [1.82, 2.24) is 0 Å². The van der Waals surface area contributed by atoms with Crippen molar-refractivity contribution in [3.63, 3.8) is 0 Å². The number of halogens is 2. The van der Waals surface area contributed by atoms with Crippen LogP contribution in [0.3, 0.4) is 0 Å². The average Bonchev–Trinajstić information content (AvgIpc) is 2.88. The highest BCUT2D eigenvalue weighted by Gasteiger charge is 2.28. The number of para-hydroxylation sites is 1. The van der Waals surface area contributed by atoms with Gasteiger partial charge in [0.05, 0.1) is 5.02 Å². The van der Waals surface area contributed by atoms with Crippen molar-refractivity contribution in [2.24, 2.45) is 5.73 Å². The Kier molecular flexibility index (Phi) is 3.64. The lowest BCUT2D eigenvalue weighted by Crippen LogP contribution is -2.39. The van der Waals surface area contributed by atoms with Crippen molar-refractivity contribution in [2.75, 3.05) is 0 Å². The quantitative estimate of drug-likeness (QED) is 0.941. The SMILES string of the molecule is NC(Cc1cccc(F)c1Cl)C1Cc2ccccc2O1. The molecule has 2 atom stereocenters. The molecule has 0 bridgehead atoms. The van der Waals surface area contributed by atoms with Crippen molar-refractivity contribution in [1.29, 1.82) is 0 Å². The number of hydrogen-bond donors (Lipinski definition) is 1. The molecule has 0 aliphatic carbocycles. The van der Waals surface area contributed by atoms with Crippen LogP contribution in [0.2, 0.25) is 5.02 Å². The van der Waals surface area contributed by atoms with Crippen LogP contribution in [0.15, 0.2) is 42.5 Å². The first-order valence-corrected chi connectivity index (χ1v) is 6.96. The van der Waals surface area contributed by atoms with Gasteiger partial charge in [0.15, 0.2) is 0 Å². The molecule has 2 unspecified atom stereocenters. The van der Waals surface area contributed by atoms with Crippen molar-refractivity contribution in [3.05, 3.63) is 64.4 Å². The highest BCUT2D eigenvalue weighted by molar-refractivity contribution is 6.31. The number of rotatable bonds is 3. The summed E-state index contributed by atoms with van der Waals surface area (Å²) >= 11 is 5.96. The van der Waals surface area contributed by atoms with Gasteiger partial charge in [-0.25, -0.2) is 4.39 Å². The Morgan fingerprint density at radius 1 is 1.25 bits per heavy atom. The Hall–Kier alpha value is -1.58. The van der Waals surface area contributed by atoms with Gasteiger partial charge in [0.1, 0.15) is 17.7 Å². The van der Waals surface area contributed by atoms with Gasteiger partial charge in [-0.1, -0.05) is 41.9 Å². The fourth-order valence-corrected chi connectivity index (χ4v) is 2.74. The lowest BCUT2D eigenvalue weighted by molar-refractivity contribution is 0.198. The Bertz CT molecular complexity index is 607. The summed E-state index contributed by atoms with van der Waals surface area (Å²) in [5.41, 5.74) is 8.09. The smallest absolute Gasteiger partial charge is 0.142 e. The van der Waals surface area contributed by atoms with Crippen LogP contribution >= 0.6 is 11.6 Å². The van der Waals surface area contributed by atoms with Crippen molar-refractivity contribution in [3.8, 4) is 5.75 Å². The maximum absolute atomic E-state index is 13.4. The van der Waals surface area contributed by atoms with E-state index in [9.17, 15) is 4.39 Å². The molecule has 0 fully saturated rings. The minimum absolute atomic E-state index is 0.0910. The highest BCUT2D eigenvalue weighted by atomic mass is 35.5. The highest BCUT2D eigenvalue weighted by Crippen LogP contribution is 2.30. The molecule has 0 aromatic heterocycles. The summed E-state index contributed by atoms with van der Waals surface area (Å²) < 4.78 is 19.3. The van der Waals surface area contributed by atoms with Crippen molar-refractivity contribution in [2.45, 2.75) is 25.0 Å². The van der Waals surface area contributed by atoms with E-state index in [1.807, 2.05) is 24.3 Å². The molecule has 0 radical (unpaired) electrons. The minimum Gasteiger partial charge on any atom is -0.488 e. The Balaban J connectivity index is 1.72. The van der Waals surface area contributed by atoms with E-state index in [1.165, 1.54) is 11.6 Å². The zero-order chi connectivity index (χ0) is 14.1. The van der Waals surface area contributed by atoms with Gasteiger partial charge in [0, 0.05) is 12.5 Å². The molecule has 2 aromatic rings. The molecule has 3 rings (SSSR count). The van der Waals surface area contributed by atoms with Crippen LogP contribution in [0.25, 0.3) is 0 Å². The maximum Gasteiger partial charge on any atom is 0.142 e. The van der Waals surface area contributed by atoms with Crippen molar-refractivity contribution >= 4 is 11.6 Å². The van der Waals surface area contributed by atoms with Crippen LogP contribution in [-0.4, -0.2) is 12.1 Å². The number of benzene rings is 2. The van der Waals surface area contributed by atoms with Crippen LogP contribution in [0.1, 0.15) is 11.1 Å². The first-order valence-electron chi connectivity index (χ1n) is 6.58. The molecule has 1 aliphatic rings. The Labute approximate surface area is 122 Å². The fourth-order valence-electron chi connectivity index (χ4n) is 2.54. The molecule has 0 amide bonds. The molecular formula is C16H15ClFNO. The number of ether oxygens (including phenoxy) is 1. The summed E-state index contributed by atoms with van der Waals surface area (Å²) in [5, 5.41) is 0.151. The van der Waals surface area contributed by atoms with Gasteiger partial charge in [-0.05, 0) is 29.7 Å². The fraction of sp³-hybridized carbons (Fsp3) is 0.250. The van der Waals surface area contributed by atoms with E-state index in [1.54, 1.807) is 12.1 Å². The lowest BCUT2D eigenvalue weighted by atomic mass is 9.98. The molecule has 0 saturated carbocycles. The van der Waals surface area contributed by atoms with Gasteiger partial charge in [-0.2, -0.15) is 0 Å². The summed E-state index contributed by atoms with van der Waals surface area (Å²) in [7, 11) is 0. The Morgan fingerprint density at radius 2 is 2.05 bits per heavy atom. The number of hydrogen-bond acceptors (Lipinski definition) is 2. The summed E-state index contributed by atoms with van der Waals surface area (Å²) in [4.78, 5) is 0. The number of fused-ring (bicyclic) bond motifs is 1. The second-order valence-electron chi connectivity index (χ2n) is 5.05. The van der Waals surface area contributed by atoms with Crippen molar-refractivity contribution < 1.29 is 9.13 Å². The molecule has 20 heavy (non-hydrogen) atoms. The van der Waals surface area contributed by atoms with Crippen LogP contribution < -0.4 is 10.5 Å². The first-order chi connectivity index (χ1) is 9.65. The molecule has 1 aliphatic heterocycles. The molecular weight excluding hydrogens is 277 g/mol. The van der Waals surface area contributed by atoms with Gasteiger partial charge in [0.2, 0.25) is 0 Å². The molecule has 2 aromatic carbocycles. The lowest BCUT2D eigenvalue weighted by Gasteiger charge is -2.19. The maximum atomic E-state index is 13.4. The van der Waals surface area contributed by atoms with Gasteiger partial charge >= 0.3 is 0 Å². The number of nitrogens with two attached hydrogens (primary N) is 1. The third kappa shape index (κ3) is 2.51. The topological polar surface area (TPSA) is 35.2 Å². The molecule has 104 valence electrons. The van der Waals surface area contributed by atoms with E-state index < -0.39 is 5.82 Å². The predicted octanol–water partition coefficient (Wildman–Crippen LogP) is 3.35. The third-order valence-corrected chi connectivity index (χ3v) is 4.06. The van der Waals surface area contributed by atoms with Crippen LogP contribution in [0.5, 0.6) is 5.75 Å². The second-order valence-corrected chi connectivity index (χ2v) is 5.43. The third-order valence-electron chi connectivity index (χ3n) is 3.64. The molecule has 0 saturated heterocycles. The predicted molar refractivity (Wildman–Crippen MR) is 77.7 cm³/mol. The molecule has 2 N–H and O–H groups in total. The molecule has 2 nitrogen and oxygen atoms in total.